The van der Waals surface area contributed by atoms with E-state index < -0.39 is 17.6 Å². The zero-order chi connectivity index (χ0) is 24.6. The van der Waals surface area contributed by atoms with Gasteiger partial charge in [-0.2, -0.15) is 13.2 Å². The Hall–Kier alpha value is -3.55. The Labute approximate surface area is 200 Å². The van der Waals surface area contributed by atoms with Crippen molar-refractivity contribution in [2.45, 2.75) is 44.8 Å². The number of amides is 2. The van der Waals surface area contributed by atoms with Gasteiger partial charge in [0, 0.05) is 47.8 Å². The molecule has 0 spiro atoms. The van der Waals surface area contributed by atoms with Crippen molar-refractivity contribution in [2.75, 3.05) is 11.9 Å². The predicted octanol–water partition coefficient (Wildman–Crippen LogP) is 6.29. The minimum absolute atomic E-state index is 0.0118. The first kappa shape index (κ1) is 23.2. The number of furan rings is 1. The molecule has 1 saturated carbocycles. The van der Waals surface area contributed by atoms with Crippen molar-refractivity contribution in [3.05, 3.63) is 77.0 Å². The fourth-order valence-corrected chi connectivity index (χ4v) is 4.84. The van der Waals surface area contributed by atoms with Gasteiger partial charge >= 0.3 is 6.18 Å². The number of fused-ring (bicyclic) bond motifs is 1. The molecule has 0 bridgehead atoms. The molecule has 0 radical (unpaired) electrons. The minimum Gasteiger partial charge on any atom is -0.461 e. The van der Waals surface area contributed by atoms with Crippen LogP contribution in [-0.2, 0) is 23.9 Å². The molecule has 1 aliphatic carbocycles. The van der Waals surface area contributed by atoms with Crippen LogP contribution in [0.4, 0.5) is 18.9 Å². The van der Waals surface area contributed by atoms with E-state index in [0.29, 0.717) is 24.4 Å². The van der Waals surface area contributed by atoms with Crippen LogP contribution in [0.1, 0.15) is 52.9 Å². The molecular weight excluding hydrogens is 457 g/mol. The number of carbonyl (C=O) groups excluding carboxylic acids is 2. The Balaban J connectivity index is 1.31. The summed E-state index contributed by atoms with van der Waals surface area (Å²) in [4.78, 5) is 26.9. The van der Waals surface area contributed by atoms with E-state index in [9.17, 15) is 22.8 Å². The lowest BCUT2D eigenvalue weighted by Gasteiger charge is -2.26. The standard InChI is InChI=1S/C27H25F3N2O3/c28-27(29,30)21-9-3-8-19(13-21)26(34)32-12-11-23-20(16-32)15-24(35-23)18-7-4-10-22(14-18)31-25(33)17-5-1-2-6-17/h3-4,7-10,13-15,17H,1-2,5-6,11-12,16H2,(H,31,33). The number of hydrogen-bond acceptors (Lipinski definition) is 3. The normalized spacial score (nSPS) is 16.3. The van der Waals surface area contributed by atoms with Crippen LogP contribution in [0.2, 0.25) is 0 Å². The van der Waals surface area contributed by atoms with E-state index in [4.69, 9.17) is 4.42 Å². The highest BCUT2D eigenvalue weighted by molar-refractivity contribution is 5.95. The first-order chi connectivity index (χ1) is 16.8. The summed E-state index contributed by atoms with van der Waals surface area (Å²) in [5.74, 6) is 1.05. The number of rotatable bonds is 4. The Kier molecular flexibility index (Phi) is 6.13. The number of anilines is 1. The summed E-state index contributed by atoms with van der Waals surface area (Å²) in [5.41, 5.74) is 1.51. The number of nitrogens with one attached hydrogen (secondary N) is 1. The molecule has 1 N–H and O–H groups in total. The van der Waals surface area contributed by atoms with E-state index in [-0.39, 0.29) is 23.9 Å². The minimum atomic E-state index is -4.50. The summed E-state index contributed by atoms with van der Waals surface area (Å²) in [6.07, 6.45) is -0.0148. The highest BCUT2D eigenvalue weighted by Crippen LogP contribution is 2.33. The molecule has 5 rings (SSSR count). The van der Waals surface area contributed by atoms with Gasteiger partial charge in [0.25, 0.3) is 5.91 Å². The Bertz CT molecular complexity index is 1260. The SMILES string of the molecule is O=C(Nc1cccc(-c2cc3c(o2)CCN(C(=O)c2cccc(C(F)(F)F)c2)C3)c1)C1CCCC1. The van der Waals surface area contributed by atoms with Gasteiger partial charge in [-0.3, -0.25) is 9.59 Å². The molecule has 0 atom stereocenters. The maximum absolute atomic E-state index is 13.1. The highest BCUT2D eigenvalue weighted by atomic mass is 19.4. The first-order valence-corrected chi connectivity index (χ1v) is 11.8. The molecule has 2 amide bonds. The fourth-order valence-electron chi connectivity index (χ4n) is 4.84. The molecular formula is C27H25F3N2O3. The summed E-state index contributed by atoms with van der Waals surface area (Å²) < 4.78 is 45.2. The quantitative estimate of drug-likeness (QED) is 0.475. The molecule has 0 saturated heterocycles. The third kappa shape index (κ3) is 4.97. The van der Waals surface area contributed by atoms with Gasteiger partial charge in [0.05, 0.1) is 5.56 Å². The second-order valence-corrected chi connectivity index (χ2v) is 9.17. The number of alkyl halides is 3. The molecule has 182 valence electrons. The molecule has 1 fully saturated rings. The van der Waals surface area contributed by atoms with Crippen LogP contribution in [0.15, 0.2) is 59.0 Å². The van der Waals surface area contributed by atoms with Crippen molar-refractivity contribution < 1.29 is 27.2 Å². The van der Waals surface area contributed by atoms with Gasteiger partial charge in [0.15, 0.2) is 0 Å². The molecule has 2 aromatic carbocycles. The number of halogens is 3. The van der Waals surface area contributed by atoms with E-state index in [2.05, 4.69) is 5.32 Å². The molecule has 5 nitrogen and oxygen atoms in total. The second-order valence-electron chi connectivity index (χ2n) is 9.17. The monoisotopic (exact) mass is 482 g/mol. The van der Waals surface area contributed by atoms with Crippen LogP contribution in [0.3, 0.4) is 0 Å². The number of benzene rings is 2. The maximum Gasteiger partial charge on any atom is 0.416 e. The van der Waals surface area contributed by atoms with Gasteiger partial charge in [0.1, 0.15) is 11.5 Å². The smallest absolute Gasteiger partial charge is 0.416 e. The van der Waals surface area contributed by atoms with Gasteiger partial charge in [-0.1, -0.05) is 31.0 Å². The van der Waals surface area contributed by atoms with Crippen LogP contribution in [-0.4, -0.2) is 23.3 Å². The van der Waals surface area contributed by atoms with Crippen LogP contribution in [0.25, 0.3) is 11.3 Å². The maximum atomic E-state index is 13.1. The van der Waals surface area contributed by atoms with E-state index in [1.54, 1.807) is 0 Å². The highest BCUT2D eigenvalue weighted by Gasteiger charge is 2.32. The fraction of sp³-hybridized carbons (Fsp3) is 0.333. The van der Waals surface area contributed by atoms with Gasteiger partial charge in [-0.05, 0) is 49.2 Å². The van der Waals surface area contributed by atoms with Crippen molar-refractivity contribution in [3.8, 4) is 11.3 Å². The van der Waals surface area contributed by atoms with E-state index in [1.165, 1.54) is 17.0 Å². The molecule has 2 heterocycles. The topological polar surface area (TPSA) is 62.6 Å². The molecule has 1 aliphatic heterocycles. The van der Waals surface area contributed by atoms with E-state index >= 15 is 0 Å². The molecule has 35 heavy (non-hydrogen) atoms. The Morgan fingerprint density at radius 1 is 1.00 bits per heavy atom. The number of hydrogen-bond donors (Lipinski definition) is 1. The van der Waals surface area contributed by atoms with Crippen molar-refractivity contribution >= 4 is 17.5 Å². The van der Waals surface area contributed by atoms with Gasteiger partial charge in [0.2, 0.25) is 5.91 Å². The lowest BCUT2D eigenvalue weighted by atomic mass is 10.0. The van der Waals surface area contributed by atoms with Crippen molar-refractivity contribution in [1.29, 1.82) is 0 Å². The zero-order valence-corrected chi connectivity index (χ0v) is 19.0. The van der Waals surface area contributed by atoms with Gasteiger partial charge < -0.3 is 14.6 Å². The lowest BCUT2D eigenvalue weighted by molar-refractivity contribution is -0.137. The third-order valence-corrected chi connectivity index (χ3v) is 6.73. The van der Waals surface area contributed by atoms with Crippen LogP contribution in [0.5, 0.6) is 0 Å². The average Bonchev–Trinajstić information content (AvgIpc) is 3.53. The Morgan fingerprint density at radius 3 is 2.54 bits per heavy atom. The predicted molar refractivity (Wildman–Crippen MR) is 125 cm³/mol. The van der Waals surface area contributed by atoms with Gasteiger partial charge in [-0.15, -0.1) is 0 Å². The molecule has 3 aromatic rings. The largest absolute Gasteiger partial charge is 0.461 e. The van der Waals surface area contributed by atoms with Crippen LogP contribution >= 0.6 is 0 Å². The number of nitrogens with zero attached hydrogens (tertiary/aromatic N) is 1. The van der Waals surface area contributed by atoms with Crippen LogP contribution in [0, 0.1) is 5.92 Å². The summed E-state index contributed by atoms with van der Waals surface area (Å²) in [5, 5.41) is 3.00. The van der Waals surface area contributed by atoms with Crippen molar-refractivity contribution in [3.63, 3.8) is 0 Å². The van der Waals surface area contributed by atoms with Crippen LogP contribution < -0.4 is 5.32 Å². The van der Waals surface area contributed by atoms with Gasteiger partial charge in [-0.25, -0.2) is 0 Å². The lowest BCUT2D eigenvalue weighted by Crippen LogP contribution is -2.35. The zero-order valence-electron chi connectivity index (χ0n) is 19.0. The molecule has 1 aromatic heterocycles. The first-order valence-electron chi connectivity index (χ1n) is 11.8. The molecule has 8 heteroatoms. The average molecular weight is 483 g/mol. The molecule has 0 unspecified atom stereocenters. The summed E-state index contributed by atoms with van der Waals surface area (Å²) in [6, 6.07) is 13.8. The summed E-state index contributed by atoms with van der Waals surface area (Å²) in [6.45, 7) is 0.610. The Morgan fingerprint density at radius 2 is 1.77 bits per heavy atom. The summed E-state index contributed by atoms with van der Waals surface area (Å²) in [7, 11) is 0. The number of carbonyl (C=O) groups is 2. The van der Waals surface area contributed by atoms with E-state index in [1.807, 2.05) is 30.3 Å². The summed E-state index contributed by atoms with van der Waals surface area (Å²) >= 11 is 0. The van der Waals surface area contributed by atoms with E-state index in [0.717, 1.165) is 54.7 Å². The second kappa shape index (κ2) is 9.24. The van der Waals surface area contributed by atoms with Crippen molar-refractivity contribution in [2.24, 2.45) is 5.92 Å². The third-order valence-electron chi connectivity index (χ3n) is 6.73. The van der Waals surface area contributed by atoms with Crippen molar-refractivity contribution in [1.82, 2.24) is 4.90 Å². The molecule has 2 aliphatic rings.